The molecule has 0 aromatic heterocycles. The Balaban J connectivity index is 0.000000327. The molecule has 2 aliphatic rings. The first-order valence-corrected chi connectivity index (χ1v) is 7.99. The Labute approximate surface area is 144 Å². The van der Waals surface area contributed by atoms with Gasteiger partial charge in [0.05, 0.1) is 0 Å². The molecule has 0 heterocycles. The van der Waals surface area contributed by atoms with Crippen LogP contribution in [-0.4, -0.2) is 0 Å². The largest absolute Gasteiger partial charge is 0.0955 e. The van der Waals surface area contributed by atoms with Crippen molar-refractivity contribution in [1.29, 1.82) is 0 Å². The topological polar surface area (TPSA) is 0 Å². The van der Waals surface area contributed by atoms with E-state index in [4.69, 9.17) is 0 Å². The molecule has 4 atom stereocenters. The molecular weight excluding hydrogens is 341 g/mol. The van der Waals surface area contributed by atoms with E-state index in [0.29, 0.717) is 0 Å². The Bertz CT molecular complexity index is 416. The van der Waals surface area contributed by atoms with Crippen molar-refractivity contribution in [2.45, 2.75) is 41.0 Å². The Morgan fingerprint density at radius 3 is 1.62 bits per heavy atom. The van der Waals surface area contributed by atoms with Crippen molar-refractivity contribution in [2.75, 3.05) is 0 Å². The molecule has 0 amide bonds. The molecule has 2 bridgehead atoms. The molecule has 0 saturated heterocycles. The Hall–Kier alpha value is -0.677. The van der Waals surface area contributed by atoms with E-state index in [2.05, 4.69) is 44.7 Å². The van der Waals surface area contributed by atoms with Gasteiger partial charge in [-0.1, -0.05) is 82.3 Å². The van der Waals surface area contributed by atoms with Crippen molar-refractivity contribution in [3.8, 4) is 0 Å². The Morgan fingerprint density at radius 2 is 1.38 bits per heavy atom. The van der Waals surface area contributed by atoms with E-state index in [1.807, 2.05) is 39.0 Å². The van der Waals surface area contributed by atoms with Crippen LogP contribution in [0.15, 0.2) is 49.1 Å². The first-order valence-electron chi connectivity index (χ1n) is 7.99. The molecule has 0 radical (unpaired) electrons. The molecule has 1 aromatic carbocycles. The summed E-state index contributed by atoms with van der Waals surface area (Å²) in [6.45, 7) is 14.6. The summed E-state index contributed by atoms with van der Waals surface area (Å²) in [6.07, 6.45) is 6.27. The smallest absolute Gasteiger partial charge is 0 e. The molecule has 4 unspecified atom stereocenters. The predicted molar refractivity (Wildman–Crippen MR) is 91.6 cm³/mol. The summed E-state index contributed by atoms with van der Waals surface area (Å²) >= 11 is 0. The first-order chi connectivity index (χ1) is 9.59. The molecule has 0 aliphatic heterocycles. The normalized spacial score (nSPS) is 27.7. The zero-order valence-corrected chi connectivity index (χ0v) is 15.9. The van der Waals surface area contributed by atoms with Crippen LogP contribution >= 0.6 is 0 Å². The van der Waals surface area contributed by atoms with Crippen molar-refractivity contribution >= 4 is 5.57 Å². The molecule has 1 saturated carbocycles. The van der Waals surface area contributed by atoms with Crippen molar-refractivity contribution in [2.24, 2.45) is 23.7 Å². The van der Waals surface area contributed by atoms with Gasteiger partial charge < -0.3 is 0 Å². The predicted octanol–water partition coefficient (Wildman–Crippen LogP) is 6.21. The molecule has 1 fully saturated rings. The molecule has 1 heteroatoms. The van der Waals surface area contributed by atoms with Crippen LogP contribution < -0.4 is 0 Å². The van der Waals surface area contributed by atoms with Gasteiger partial charge in [0.1, 0.15) is 0 Å². The third-order valence-electron chi connectivity index (χ3n) is 4.60. The van der Waals surface area contributed by atoms with E-state index in [9.17, 15) is 0 Å². The number of fused-ring (bicyclic) bond motifs is 2. The fourth-order valence-electron chi connectivity index (χ4n) is 3.04. The minimum absolute atomic E-state index is 0. The average Bonchev–Trinajstić information content (AvgIpc) is 3.07. The van der Waals surface area contributed by atoms with Gasteiger partial charge in [0, 0.05) is 19.5 Å². The van der Waals surface area contributed by atoms with Gasteiger partial charge in [-0.05, 0) is 42.6 Å². The monoisotopic (exact) mass is 372 g/mol. The number of hydrogen-bond acceptors (Lipinski definition) is 0. The van der Waals surface area contributed by atoms with Gasteiger partial charge in [0.15, 0.2) is 0 Å². The third kappa shape index (κ3) is 5.55. The zero-order chi connectivity index (χ0) is 15.1. The minimum atomic E-state index is 0. The van der Waals surface area contributed by atoms with Crippen molar-refractivity contribution in [3.63, 3.8) is 0 Å². The van der Waals surface area contributed by atoms with Gasteiger partial charge in [-0.2, -0.15) is 0 Å². The second-order valence-electron chi connectivity index (χ2n) is 5.81. The summed E-state index contributed by atoms with van der Waals surface area (Å²) in [5.41, 5.74) is 2.34. The maximum atomic E-state index is 3.83. The molecule has 0 nitrogen and oxygen atoms in total. The van der Waals surface area contributed by atoms with Gasteiger partial charge in [-0.15, -0.1) is 0 Å². The number of benzene rings is 1. The zero-order valence-electron chi connectivity index (χ0n) is 14.1. The maximum Gasteiger partial charge on any atom is 0 e. The molecule has 3 rings (SSSR count). The van der Waals surface area contributed by atoms with Crippen LogP contribution in [0.4, 0.5) is 0 Å². The van der Waals surface area contributed by atoms with Crippen LogP contribution in [0.3, 0.4) is 0 Å². The van der Waals surface area contributed by atoms with Crippen LogP contribution in [0, 0.1) is 23.7 Å². The van der Waals surface area contributed by atoms with E-state index >= 15 is 0 Å². The molecule has 0 spiro atoms. The second-order valence-corrected chi connectivity index (χ2v) is 5.81. The fourth-order valence-corrected chi connectivity index (χ4v) is 3.04. The Kier molecular flexibility index (Phi) is 9.79. The molecule has 118 valence electrons. The van der Waals surface area contributed by atoms with Crippen LogP contribution in [-0.2, 0) is 19.5 Å². The molecule has 21 heavy (non-hydrogen) atoms. The third-order valence-corrected chi connectivity index (χ3v) is 4.60. The summed E-state index contributed by atoms with van der Waals surface area (Å²) in [5.74, 6) is 3.79. The number of allylic oxidation sites excluding steroid dienone is 3. The van der Waals surface area contributed by atoms with Gasteiger partial charge in [0.2, 0.25) is 0 Å². The SMILES string of the molecule is C=C(C)c1ccccc1.CC.CC1C2C=CC(C2)C1C.[Ru]. The van der Waals surface area contributed by atoms with Gasteiger partial charge in [-0.25, -0.2) is 0 Å². The standard InChI is InChI=1S/C9H14.C9H10.C2H6.Ru/c1-6-7(2)9-4-3-8(6)5-9;1-8(2)9-6-4-3-5-7-9;1-2;/h3-4,6-9H,5H2,1-2H3;3-7H,1H2,2H3;1-2H3;. The first kappa shape index (κ1) is 20.3. The summed E-state index contributed by atoms with van der Waals surface area (Å²) < 4.78 is 0. The average molecular weight is 372 g/mol. The van der Waals surface area contributed by atoms with Gasteiger partial charge in [-0.3, -0.25) is 0 Å². The van der Waals surface area contributed by atoms with Crippen molar-refractivity contribution in [3.05, 3.63) is 54.6 Å². The molecule has 2 aliphatic carbocycles. The van der Waals surface area contributed by atoms with Crippen LogP contribution in [0.1, 0.15) is 46.6 Å². The number of rotatable bonds is 1. The van der Waals surface area contributed by atoms with E-state index in [1.54, 1.807) is 0 Å². The summed E-state index contributed by atoms with van der Waals surface area (Å²) in [6, 6.07) is 10.2. The van der Waals surface area contributed by atoms with Gasteiger partial charge >= 0.3 is 0 Å². The van der Waals surface area contributed by atoms with Crippen molar-refractivity contribution < 1.29 is 19.5 Å². The molecule has 0 N–H and O–H groups in total. The Morgan fingerprint density at radius 1 is 0.952 bits per heavy atom. The molecule has 1 aromatic rings. The van der Waals surface area contributed by atoms with Crippen LogP contribution in [0.25, 0.3) is 5.57 Å². The van der Waals surface area contributed by atoms with E-state index in [1.165, 1.54) is 12.0 Å². The van der Waals surface area contributed by atoms with Gasteiger partial charge in [0.25, 0.3) is 0 Å². The van der Waals surface area contributed by atoms with E-state index < -0.39 is 0 Å². The number of hydrogen-bond donors (Lipinski definition) is 0. The minimum Gasteiger partial charge on any atom is -0.0955 e. The summed E-state index contributed by atoms with van der Waals surface area (Å²) in [5, 5.41) is 0. The van der Waals surface area contributed by atoms with Crippen LogP contribution in [0.5, 0.6) is 0 Å². The van der Waals surface area contributed by atoms with Crippen LogP contribution in [0.2, 0.25) is 0 Å². The summed E-state index contributed by atoms with van der Waals surface area (Å²) in [7, 11) is 0. The summed E-state index contributed by atoms with van der Waals surface area (Å²) in [4.78, 5) is 0. The maximum absolute atomic E-state index is 3.83. The van der Waals surface area contributed by atoms with E-state index in [-0.39, 0.29) is 19.5 Å². The van der Waals surface area contributed by atoms with Crippen molar-refractivity contribution in [1.82, 2.24) is 0 Å². The quantitative estimate of drug-likeness (QED) is 0.407. The fraction of sp³-hybridized carbons (Fsp3) is 0.500. The van der Waals surface area contributed by atoms with E-state index in [0.717, 1.165) is 29.2 Å². The second kappa shape index (κ2) is 10.1. The molecular formula is C20H30Ru.